The van der Waals surface area contributed by atoms with Crippen molar-refractivity contribution >= 4 is 35.2 Å². The van der Waals surface area contributed by atoms with Crippen molar-refractivity contribution < 1.29 is 24.3 Å². The summed E-state index contributed by atoms with van der Waals surface area (Å²) in [4.78, 5) is 25.2. The van der Waals surface area contributed by atoms with E-state index in [-0.39, 0.29) is 22.2 Å². The van der Waals surface area contributed by atoms with E-state index in [1.165, 1.54) is 37.6 Å². The van der Waals surface area contributed by atoms with Crippen LogP contribution in [0.2, 0.25) is 5.02 Å². The number of halogens is 1. The summed E-state index contributed by atoms with van der Waals surface area (Å²) in [7, 11) is 1.46. The summed E-state index contributed by atoms with van der Waals surface area (Å²) in [5.41, 5.74) is 3.67. The molecule has 0 saturated heterocycles. The van der Waals surface area contributed by atoms with Crippen LogP contribution < -0.4 is 14.9 Å². The van der Waals surface area contributed by atoms with Crippen LogP contribution in [0.3, 0.4) is 0 Å². The molecule has 0 saturated carbocycles. The Kier molecular flexibility index (Phi) is 6.63. The van der Waals surface area contributed by atoms with Crippen molar-refractivity contribution in [2.75, 3.05) is 12.5 Å². The predicted molar refractivity (Wildman–Crippen MR) is 114 cm³/mol. The molecule has 0 aliphatic carbocycles. The molecule has 0 bridgehead atoms. The Morgan fingerprint density at radius 3 is 2.68 bits per heavy atom. The van der Waals surface area contributed by atoms with E-state index in [0.717, 1.165) is 6.20 Å². The molecule has 0 atom stereocenters. The molecule has 0 amide bonds. The number of hydrazone groups is 1. The molecule has 0 fully saturated rings. The van der Waals surface area contributed by atoms with Gasteiger partial charge in [0.2, 0.25) is 5.88 Å². The van der Waals surface area contributed by atoms with Crippen LogP contribution >= 0.6 is 11.6 Å². The number of methoxy groups -OCH3 is 1. The first-order valence-electron chi connectivity index (χ1n) is 8.65. The van der Waals surface area contributed by atoms with Gasteiger partial charge in [0.1, 0.15) is 6.20 Å². The summed E-state index contributed by atoms with van der Waals surface area (Å²) >= 11 is 5.84. The smallest absolute Gasteiger partial charge is 0.337 e. The van der Waals surface area contributed by atoms with E-state index in [0.29, 0.717) is 22.7 Å². The van der Waals surface area contributed by atoms with Gasteiger partial charge in [-0.1, -0.05) is 11.6 Å². The van der Waals surface area contributed by atoms with E-state index in [1.54, 1.807) is 24.3 Å². The Morgan fingerprint density at radius 1 is 1.23 bits per heavy atom. The number of carboxylic acids is 1. The fourth-order valence-electron chi connectivity index (χ4n) is 2.44. The second-order valence-corrected chi connectivity index (χ2v) is 6.40. The van der Waals surface area contributed by atoms with Gasteiger partial charge in [-0.25, -0.2) is 9.78 Å². The number of rotatable bonds is 8. The van der Waals surface area contributed by atoms with E-state index in [9.17, 15) is 14.9 Å². The number of hydrogen-bond donors (Lipinski definition) is 2. The van der Waals surface area contributed by atoms with Crippen LogP contribution in [0.5, 0.6) is 17.4 Å². The number of nitrogens with zero attached hydrogens (tertiary/aromatic N) is 3. The molecule has 0 aliphatic heterocycles. The second-order valence-electron chi connectivity index (χ2n) is 5.99. The van der Waals surface area contributed by atoms with E-state index >= 15 is 0 Å². The fraction of sp³-hybridized carbons (Fsp3) is 0.0500. The normalized spacial score (nSPS) is 10.6. The monoisotopic (exact) mass is 442 g/mol. The SMILES string of the molecule is COc1cc(/C=N\Nc2ccc(Cl)c(C(=O)O)c2)ccc1Oc1ccc([N+](=O)[O-])cn1. The molecule has 11 heteroatoms. The van der Waals surface area contributed by atoms with Crippen molar-refractivity contribution in [3.8, 4) is 17.4 Å². The van der Waals surface area contributed by atoms with Crippen LogP contribution in [0, 0.1) is 10.1 Å². The van der Waals surface area contributed by atoms with Crippen LogP contribution in [0.15, 0.2) is 59.8 Å². The third kappa shape index (κ3) is 5.46. The molecule has 10 nitrogen and oxygen atoms in total. The minimum absolute atomic E-state index is 0.0371. The van der Waals surface area contributed by atoms with E-state index < -0.39 is 10.9 Å². The summed E-state index contributed by atoms with van der Waals surface area (Å²) < 4.78 is 10.9. The van der Waals surface area contributed by atoms with Gasteiger partial charge in [0.25, 0.3) is 5.69 Å². The quantitative estimate of drug-likeness (QED) is 0.293. The first-order valence-corrected chi connectivity index (χ1v) is 9.03. The van der Waals surface area contributed by atoms with Gasteiger partial charge in [0.15, 0.2) is 11.5 Å². The summed E-state index contributed by atoms with van der Waals surface area (Å²) in [5, 5.41) is 24.0. The number of aromatic nitrogens is 1. The predicted octanol–water partition coefficient (Wildman–Crippen LogP) is 4.59. The molecule has 2 aromatic carbocycles. The molecule has 31 heavy (non-hydrogen) atoms. The molecule has 0 unspecified atom stereocenters. The van der Waals surface area contributed by atoms with Gasteiger partial charge < -0.3 is 14.6 Å². The number of nitro groups is 1. The summed E-state index contributed by atoms with van der Waals surface area (Å²) in [6.07, 6.45) is 2.60. The third-order valence-electron chi connectivity index (χ3n) is 3.94. The highest BCUT2D eigenvalue weighted by atomic mass is 35.5. The number of benzene rings is 2. The number of carboxylic acid groups (broad SMARTS) is 1. The van der Waals surface area contributed by atoms with E-state index in [1.807, 2.05) is 0 Å². The average Bonchev–Trinajstić information content (AvgIpc) is 2.76. The van der Waals surface area contributed by atoms with Crippen LogP contribution in [0.1, 0.15) is 15.9 Å². The first-order chi connectivity index (χ1) is 14.9. The lowest BCUT2D eigenvalue weighted by atomic mass is 10.2. The molecule has 2 N–H and O–H groups in total. The van der Waals surface area contributed by atoms with Gasteiger partial charge in [0.05, 0.1) is 34.5 Å². The average molecular weight is 443 g/mol. The molecule has 1 heterocycles. The summed E-state index contributed by atoms with van der Waals surface area (Å²) in [5.74, 6) is -0.217. The van der Waals surface area contributed by atoms with Crippen molar-refractivity contribution in [1.29, 1.82) is 0 Å². The number of nitrogens with one attached hydrogen (secondary N) is 1. The molecule has 1 aromatic heterocycles. The zero-order valence-corrected chi connectivity index (χ0v) is 16.7. The largest absolute Gasteiger partial charge is 0.493 e. The Labute approximate surface area is 180 Å². The van der Waals surface area contributed by atoms with Crippen molar-refractivity contribution in [2.24, 2.45) is 5.10 Å². The van der Waals surface area contributed by atoms with Gasteiger partial charge in [-0.15, -0.1) is 0 Å². The highest BCUT2D eigenvalue weighted by molar-refractivity contribution is 6.33. The zero-order chi connectivity index (χ0) is 22.4. The summed E-state index contributed by atoms with van der Waals surface area (Å²) in [6, 6.07) is 12.1. The van der Waals surface area contributed by atoms with Crippen molar-refractivity contribution in [3.05, 3.63) is 81.0 Å². The van der Waals surface area contributed by atoms with Gasteiger partial charge >= 0.3 is 5.97 Å². The first kappa shape index (κ1) is 21.5. The van der Waals surface area contributed by atoms with E-state index in [4.69, 9.17) is 26.2 Å². The van der Waals surface area contributed by atoms with Crippen LogP contribution in [-0.4, -0.2) is 34.3 Å². The van der Waals surface area contributed by atoms with Crippen LogP contribution in [-0.2, 0) is 0 Å². The van der Waals surface area contributed by atoms with Gasteiger partial charge in [-0.3, -0.25) is 15.5 Å². The van der Waals surface area contributed by atoms with Gasteiger partial charge in [-0.2, -0.15) is 5.10 Å². The third-order valence-corrected chi connectivity index (χ3v) is 4.27. The van der Waals surface area contributed by atoms with E-state index in [2.05, 4.69) is 15.5 Å². The number of pyridine rings is 1. The minimum Gasteiger partial charge on any atom is -0.493 e. The highest BCUT2D eigenvalue weighted by Crippen LogP contribution is 2.31. The van der Waals surface area contributed by atoms with Crippen LogP contribution in [0.4, 0.5) is 11.4 Å². The molecule has 3 rings (SSSR count). The number of anilines is 1. The second kappa shape index (κ2) is 9.55. The van der Waals surface area contributed by atoms with Crippen molar-refractivity contribution in [3.63, 3.8) is 0 Å². The lowest BCUT2D eigenvalue weighted by Crippen LogP contribution is -1.99. The number of carbonyl (C=O) groups is 1. The van der Waals surface area contributed by atoms with Gasteiger partial charge in [0, 0.05) is 12.1 Å². The fourth-order valence-corrected chi connectivity index (χ4v) is 2.64. The van der Waals surface area contributed by atoms with Crippen LogP contribution in [0.25, 0.3) is 0 Å². The maximum absolute atomic E-state index is 11.1. The summed E-state index contributed by atoms with van der Waals surface area (Å²) in [6.45, 7) is 0. The Balaban J connectivity index is 1.71. The highest BCUT2D eigenvalue weighted by Gasteiger charge is 2.11. The molecule has 0 aliphatic rings. The zero-order valence-electron chi connectivity index (χ0n) is 16.0. The maximum atomic E-state index is 11.1. The number of ether oxygens (including phenoxy) is 2. The molecular weight excluding hydrogens is 428 g/mol. The van der Waals surface area contributed by atoms with Crippen molar-refractivity contribution in [2.45, 2.75) is 0 Å². The Hall–Kier alpha value is -4.18. The lowest BCUT2D eigenvalue weighted by molar-refractivity contribution is -0.385. The molecule has 0 radical (unpaired) electrons. The Morgan fingerprint density at radius 2 is 2.03 bits per heavy atom. The molecule has 0 spiro atoms. The molecular formula is C20H15ClN4O6. The number of aromatic carboxylic acids is 1. The maximum Gasteiger partial charge on any atom is 0.337 e. The van der Waals surface area contributed by atoms with Gasteiger partial charge in [-0.05, 0) is 42.0 Å². The number of hydrogen-bond acceptors (Lipinski definition) is 8. The van der Waals surface area contributed by atoms with Crippen molar-refractivity contribution in [1.82, 2.24) is 4.98 Å². The standard InChI is InChI=1S/C20H15ClN4O6/c1-30-18-8-12(10-23-24-13-3-5-16(21)15(9-13)20(26)27)2-6-17(18)31-19-7-4-14(11-22-19)25(28)29/h2-11,24H,1H3,(H,26,27)/b23-10-. The molecule has 158 valence electrons. The minimum atomic E-state index is -1.14. The Bertz CT molecular complexity index is 1150. The molecule has 3 aromatic rings. The lowest BCUT2D eigenvalue weighted by Gasteiger charge is -2.10. The topological polar surface area (TPSA) is 136 Å².